The molecule has 4 aliphatic carbocycles. The minimum absolute atomic E-state index is 0.258. The second-order valence-electron chi connectivity index (χ2n) is 7.77. The van der Waals surface area contributed by atoms with Gasteiger partial charge in [-0.3, -0.25) is 4.79 Å². The van der Waals surface area contributed by atoms with Gasteiger partial charge in [-0.2, -0.15) is 0 Å². The van der Waals surface area contributed by atoms with Gasteiger partial charge in [0.1, 0.15) is 0 Å². The predicted octanol–water partition coefficient (Wildman–Crippen LogP) is 5.95. The number of allylic oxidation sites excluding steroid dienone is 13. The first-order valence-electron chi connectivity index (χ1n) is 9.53. The number of hydrogen-bond donors (Lipinski definition) is 0. The van der Waals surface area contributed by atoms with Crippen molar-refractivity contribution in [3.05, 3.63) is 82.5 Å². The molecule has 1 nitrogen and oxygen atoms in total. The van der Waals surface area contributed by atoms with Crippen LogP contribution in [0.15, 0.2) is 82.5 Å². The van der Waals surface area contributed by atoms with Crippen LogP contribution in [0, 0.1) is 11.8 Å². The number of carbonyl (C=O) groups excluding carboxylic acids is 1. The van der Waals surface area contributed by atoms with Gasteiger partial charge in [-0.25, -0.2) is 0 Å². The predicted molar refractivity (Wildman–Crippen MR) is 104 cm³/mol. The highest BCUT2D eigenvalue weighted by molar-refractivity contribution is 5.99. The van der Waals surface area contributed by atoms with E-state index in [0.717, 1.165) is 24.0 Å². The molecule has 0 aromatic carbocycles. The van der Waals surface area contributed by atoms with Gasteiger partial charge in [0, 0.05) is 23.8 Å². The van der Waals surface area contributed by atoms with Crippen molar-refractivity contribution in [2.45, 2.75) is 45.4 Å². The summed E-state index contributed by atoms with van der Waals surface area (Å²) in [4.78, 5) is 12.7. The zero-order chi connectivity index (χ0) is 17.4. The van der Waals surface area contributed by atoms with Gasteiger partial charge in [0.25, 0.3) is 0 Å². The maximum atomic E-state index is 12.7. The molecule has 0 saturated heterocycles. The van der Waals surface area contributed by atoms with Crippen LogP contribution in [0.3, 0.4) is 0 Å². The third-order valence-electron chi connectivity index (χ3n) is 5.86. The molecule has 0 spiro atoms. The zero-order valence-corrected chi connectivity index (χ0v) is 15.1. The topological polar surface area (TPSA) is 17.1 Å². The number of carbonyl (C=O) groups is 1. The lowest BCUT2D eigenvalue weighted by Gasteiger charge is -2.29. The Bertz CT molecular complexity index is 807. The van der Waals surface area contributed by atoms with Crippen LogP contribution in [-0.2, 0) is 4.79 Å². The van der Waals surface area contributed by atoms with Gasteiger partial charge < -0.3 is 0 Å². The van der Waals surface area contributed by atoms with Crippen molar-refractivity contribution in [2.24, 2.45) is 11.8 Å². The third-order valence-corrected chi connectivity index (χ3v) is 5.86. The highest BCUT2D eigenvalue weighted by Gasteiger charge is 2.26. The fourth-order valence-electron chi connectivity index (χ4n) is 4.45. The largest absolute Gasteiger partial charge is 0.294 e. The molecule has 1 heteroatoms. The molecule has 2 unspecified atom stereocenters. The summed E-state index contributed by atoms with van der Waals surface area (Å²) in [6.07, 6.45) is 21.7. The second-order valence-corrected chi connectivity index (χ2v) is 7.77. The molecule has 0 aliphatic heterocycles. The Balaban J connectivity index is 1.41. The van der Waals surface area contributed by atoms with E-state index in [9.17, 15) is 4.79 Å². The summed E-state index contributed by atoms with van der Waals surface area (Å²) >= 11 is 0. The molecule has 0 aromatic heterocycles. The molecule has 0 radical (unpaired) electrons. The summed E-state index contributed by atoms with van der Waals surface area (Å²) in [5, 5.41) is 0. The Morgan fingerprint density at radius 2 is 2.04 bits per heavy atom. The molecular weight excluding hydrogens is 304 g/mol. The molecular formula is C24H26O. The Morgan fingerprint density at radius 1 is 1.16 bits per heavy atom. The molecule has 25 heavy (non-hydrogen) atoms. The van der Waals surface area contributed by atoms with Crippen molar-refractivity contribution in [2.75, 3.05) is 0 Å². The van der Waals surface area contributed by atoms with E-state index in [1.807, 2.05) is 6.08 Å². The molecule has 0 heterocycles. The highest BCUT2D eigenvalue weighted by atomic mass is 16.1. The Kier molecular flexibility index (Phi) is 4.33. The molecule has 0 aromatic rings. The molecule has 0 bridgehead atoms. The minimum Gasteiger partial charge on any atom is -0.294 e. The van der Waals surface area contributed by atoms with Gasteiger partial charge in [-0.15, -0.1) is 0 Å². The first kappa shape index (κ1) is 16.3. The van der Waals surface area contributed by atoms with Gasteiger partial charge in [0.05, 0.1) is 0 Å². The maximum Gasteiger partial charge on any atom is 0.163 e. The monoisotopic (exact) mass is 330 g/mol. The van der Waals surface area contributed by atoms with E-state index in [4.69, 9.17) is 0 Å². The van der Waals surface area contributed by atoms with Crippen LogP contribution in [0.1, 0.15) is 45.4 Å². The summed E-state index contributed by atoms with van der Waals surface area (Å²) in [6, 6.07) is 0. The first-order valence-corrected chi connectivity index (χ1v) is 9.53. The summed E-state index contributed by atoms with van der Waals surface area (Å²) in [6.45, 7) is 6.36. The lowest BCUT2D eigenvalue weighted by molar-refractivity contribution is -0.115. The zero-order valence-electron chi connectivity index (χ0n) is 15.1. The summed E-state index contributed by atoms with van der Waals surface area (Å²) in [7, 11) is 0. The molecule has 1 fully saturated rings. The van der Waals surface area contributed by atoms with Gasteiger partial charge in [0.15, 0.2) is 5.78 Å². The van der Waals surface area contributed by atoms with Crippen molar-refractivity contribution in [1.82, 2.24) is 0 Å². The van der Waals surface area contributed by atoms with Crippen molar-refractivity contribution >= 4 is 5.78 Å². The van der Waals surface area contributed by atoms with E-state index in [0.29, 0.717) is 18.3 Å². The Hall–Kier alpha value is -2.15. The van der Waals surface area contributed by atoms with Crippen molar-refractivity contribution in [3.63, 3.8) is 0 Å². The summed E-state index contributed by atoms with van der Waals surface area (Å²) in [5.41, 5.74) is 7.40. The highest BCUT2D eigenvalue weighted by Crippen LogP contribution is 2.39. The quantitative estimate of drug-likeness (QED) is 0.623. The standard InChI is InChI=1S/C24H26O/c1-16-7-9-19-13-18(14-21(19)11-16)8-10-24(25)22-12-17(2)23-6-4-3-5-20(23)15-22/h7,9,11-15,21,23H,2-6,8,10H2,1H3. The summed E-state index contributed by atoms with van der Waals surface area (Å²) < 4.78 is 0. The number of rotatable bonds is 4. The second kappa shape index (κ2) is 6.63. The van der Waals surface area contributed by atoms with Crippen LogP contribution in [-0.4, -0.2) is 5.78 Å². The average Bonchev–Trinajstić information content (AvgIpc) is 3.01. The van der Waals surface area contributed by atoms with Gasteiger partial charge in [-0.05, 0) is 49.8 Å². The SMILES string of the molecule is C=C1C=C(C(=O)CCC2=CC3C=C(C)C=CC3=C2)C=C2CCCCC12. The normalized spacial score (nSPS) is 27.6. The number of Topliss-reactive ketones (excluding diaryl/α,β-unsaturated/α-hetero) is 1. The van der Waals surface area contributed by atoms with Crippen LogP contribution in [0.5, 0.6) is 0 Å². The van der Waals surface area contributed by atoms with Crippen LogP contribution < -0.4 is 0 Å². The third kappa shape index (κ3) is 3.33. The molecule has 1 saturated carbocycles. The Labute approximate surface area is 150 Å². The van der Waals surface area contributed by atoms with Crippen LogP contribution in [0.2, 0.25) is 0 Å². The van der Waals surface area contributed by atoms with Crippen LogP contribution in [0.4, 0.5) is 0 Å². The smallest absolute Gasteiger partial charge is 0.163 e. The molecule has 0 amide bonds. The van der Waals surface area contributed by atoms with Crippen molar-refractivity contribution < 1.29 is 4.79 Å². The fourth-order valence-corrected chi connectivity index (χ4v) is 4.45. The first-order chi connectivity index (χ1) is 12.1. The maximum absolute atomic E-state index is 12.7. The van der Waals surface area contributed by atoms with Gasteiger partial charge in [-0.1, -0.05) is 66.2 Å². The summed E-state index contributed by atoms with van der Waals surface area (Å²) in [5.74, 6) is 1.17. The minimum atomic E-state index is 0.258. The van der Waals surface area contributed by atoms with Crippen molar-refractivity contribution in [1.29, 1.82) is 0 Å². The van der Waals surface area contributed by atoms with Crippen LogP contribution >= 0.6 is 0 Å². The lowest BCUT2D eigenvalue weighted by atomic mass is 9.75. The van der Waals surface area contributed by atoms with E-state index in [-0.39, 0.29) is 5.78 Å². The van der Waals surface area contributed by atoms with Gasteiger partial charge in [0.2, 0.25) is 0 Å². The van der Waals surface area contributed by atoms with Gasteiger partial charge >= 0.3 is 0 Å². The molecule has 128 valence electrons. The molecule has 4 aliphatic rings. The molecule has 0 N–H and O–H groups in total. The van der Waals surface area contributed by atoms with E-state index in [1.165, 1.54) is 41.6 Å². The molecule has 2 atom stereocenters. The fraction of sp³-hybridized carbons (Fsp3) is 0.375. The average molecular weight is 330 g/mol. The Morgan fingerprint density at radius 3 is 2.92 bits per heavy atom. The van der Waals surface area contributed by atoms with E-state index < -0.39 is 0 Å². The van der Waals surface area contributed by atoms with E-state index in [1.54, 1.807) is 0 Å². The lowest BCUT2D eigenvalue weighted by Crippen LogP contribution is -2.17. The van der Waals surface area contributed by atoms with Crippen molar-refractivity contribution in [3.8, 4) is 0 Å². The van der Waals surface area contributed by atoms with E-state index in [2.05, 4.69) is 50.0 Å². The number of hydrogen-bond acceptors (Lipinski definition) is 1. The molecule has 4 rings (SSSR count). The van der Waals surface area contributed by atoms with E-state index >= 15 is 0 Å². The van der Waals surface area contributed by atoms with Crippen LogP contribution in [0.25, 0.3) is 0 Å². The number of fused-ring (bicyclic) bond motifs is 2. The number of ketones is 1.